The number of sulfonamides is 1. The molecule has 0 radical (unpaired) electrons. The van der Waals surface area contributed by atoms with E-state index in [-0.39, 0.29) is 23.9 Å². The van der Waals surface area contributed by atoms with Gasteiger partial charge in [0.1, 0.15) is 0 Å². The summed E-state index contributed by atoms with van der Waals surface area (Å²) in [6.45, 7) is 2.21. The SMILES string of the molecule is Cc1ccc(S(=O)(=O)N(CC(=O)N(Cc2ccccc2)Cc2ccccc2)Cc2ccc(Cl)c(Cl)c2)cc1. The number of amides is 1. The lowest BCUT2D eigenvalue weighted by Gasteiger charge is -2.28. The molecular formula is C30H28Cl2N2O3S. The van der Waals surface area contributed by atoms with Crippen molar-refractivity contribution in [2.24, 2.45) is 0 Å². The van der Waals surface area contributed by atoms with Gasteiger partial charge in [0.25, 0.3) is 0 Å². The number of halogens is 2. The van der Waals surface area contributed by atoms with Crippen LogP contribution in [0.3, 0.4) is 0 Å². The van der Waals surface area contributed by atoms with Gasteiger partial charge in [0.2, 0.25) is 15.9 Å². The number of rotatable bonds is 10. The second kappa shape index (κ2) is 12.6. The lowest BCUT2D eigenvalue weighted by molar-refractivity contribution is -0.132. The van der Waals surface area contributed by atoms with Gasteiger partial charge in [-0.2, -0.15) is 4.31 Å². The van der Waals surface area contributed by atoms with E-state index in [2.05, 4.69) is 0 Å². The van der Waals surface area contributed by atoms with Crippen molar-refractivity contribution in [2.75, 3.05) is 6.54 Å². The van der Waals surface area contributed by atoms with E-state index in [1.54, 1.807) is 47.4 Å². The third-order valence-electron chi connectivity index (χ3n) is 6.10. The zero-order valence-corrected chi connectivity index (χ0v) is 23.3. The van der Waals surface area contributed by atoms with Gasteiger partial charge in [-0.3, -0.25) is 4.79 Å². The number of nitrogens with zero attached hydrogens (tertiary/aromatic N) is 2. The molecule has 0 fully saturated rings. The van der Waals surface area contributed by atoms with Crippen LogP contribution in [0.2, 0.25) is 10.0 Å². The van der Waals surface area contributed by atoms with E-state index in [0.29, 0.717) is 28.7 Å². The molecule has 8 heteroatoms. The van der Waals surface area contributed by atoms with Crippen LogP contribution in [0, 0.1) is 6.92 Å². The molecule has 0 unspecified atom stereocenters. The van der Waals surface area contributed by atoms with E-state index < -0.39 is 10.0 Å². The highest BCUT2D eigenvalue weighted by molar-refractivity contribution is 7.89. The van der Waals surface area contributed by atoms with Crippen molar-refractivity contribution in [1.82, 2.24) is 9.21 Å². The first kappa shape index (κ1) is 27.9. The van der Waals surface area contributed by atoms with Gasteiger partial charge in [0, 0.05) is 19.6 Å². The maximum atomic E-state index is 13.8. The molecule has 0 saturated heterocycles. The lowest BCUT2D eigenvalue weighted by atomic mass is 10.1. The summed E-state index contributed by atoms with van der Waals surface area (Å²) >= 11 is 12.3. The molecule has 0 heterocycles. The first-order chi connectivity index (χ1) is 18.2. The van der Waals surface area contributed by atoms with E-state index in [1.165, 1.54) is 4.31 Å². The van der Waals surface area contributed by atoms with Gasteiger partial charge in [0.15, 0.2) is 0 Å². The topological polar surface area (TPSA) is 57.7 Å². The fourth-order valence-electron chi connectivity index (χ4n) is 4.02. The Morgan fingerprint density at radius 1 is 0.684 bits per heavy atom. The van der Waals surface area contributed by atoms with E-state index in [4.69, 9.17) is 23.2 Å². The molecule has 38 heavy (non-hydrogen) atoms. The highest BCUT2D eigenvalue weighted by Gasteiger charge is 2.29. The number of aryl methyl sites for hydroxylation is 1. The average molecular weight is 568 g/mol. The summed E-state index contributed by atoms with van der Waals surface area (Å²) in [5.41, 5.74) is 3.47. The largest absolute Gasteiger partial charge is 0.333 e. The Balaban J connectivity index is 1.67. The molecule has 1 amide bonds. The van der Waals surface area contributed by atoms with Crippen molar-refractivity contribution >= 4 is 39.1 Å². The van der Waals surface area contributed by atoms with Crippen LogP contribution < -0.4 is 0 Å². The fraction of sp³-hybridized carbons (Fsp3) is 0.167. The third-order valence-corrected chi connectivity index (χ3v) is 8.64. The number of benzene rings is 4. The molecule has 0 aliphatic carbocycles. The molecule has 0 aromatic heterocycles. The second-order valence-electron chi connectivity index (χ2n) is 9.06. The zero-order valence-electron chi connectivity index (χ0n) is 20.9. The van der Waals surface area contributed by atoms with Crippen LogP contribution in [0.25, 0.3) is 0 Å². The molecule has 0 aliphatic rings. The molecule has 4 aromatic rings. The van der Waals surface area contributed by atoms with Gasteiger partial charge < -0.3 is 4.90 Å². The van der Waals surface area contributed by atoms with Gasteiger partial charge in [0.05, 0.1) is 21.5 Å². The molecule has 5 nitrogen and oxygen atoms in total. The van der Waals surface area contributed by atoms with Crippen LogP contribution in [-0.4, -0.2) is 30.1 Å². The molecule has 196 valence electrons. The number of hydrogen-bond donors (Lipinski definition) is 0. The molecule has 0 spiro atoms. The summed E-state index contributed by atoms with van der Waals surface area (Å²) in [4.78, 5) is 15.6. The van der Waals surface area contributed by atoms with E-state index in [0.717, 1.165) is 16.7 Å². The average Bonchev–Trinajstić information content (AvgIpc) is 2.91. The van der Waals surface area contributed by atoms with E-state index in [9.17, 15) is 13.2 Å². The minimum Gasteiger partial charge on any atom is -0.333 e. The lowest BCUT2D eigenvalue weighted by Crippen LogP contribution is -2.42. The molecular weight excluding hydrogens is 539 g/mol. The summed E-state index contributed by atoms with van der Waals surface area (Å²) in [5, 5.41) is 0.689. The summed E-state index contributed by atoms with van der Waals surface area (Å²) in [7, 11) is -4.00. The zero-order chi connectivity index (χ0) is 27.1. The first-order valence-corrected chi connectivity index (χ1v) is 14.3. The minimum absolute atomic E-state index is 0.0383. The Hall–Kier alpha value is -3.16. The Morgan fingerprint density at radius 3 is 1.76 bits per heavy atom. The molecule has 0 N–H and O–H groups in total. The first-order valence-electron chi connectivity index (χ1n) is 12.1. The predicted octanol–water partition coefficient (Wildman–Crippen LogP) is 6.72. The number of hydrogen-bond acceptors (Lipinski definition) is 3. The highest BCUT2D eigenvalue weighted by Crippen LogP contribution is 2.25. The van der Waals surface area contributed by atoms with E-state index >= 15 is 0 Å². The number of carbonyl (C=O) groups excluding carboxylic acids is 1. The van der Waals surface area contributed by atoms with Crippen LogP contribution >= 0.6 is 23.2 Å². The Labute approximate surface area is 234 Å². The monoisotopic (exact) mass is 566 g/mol. The minimum atomic E-state index is -4.00. The van der Waals surface area contributed by atoms with Crippen LogP contribution in [0.5, 0.6) is 0 Å². The van der Waals surface area contributed by atoms with Crippen molar-refractivity contribution < 1.29 is 13.2 Å². The highest BCUT2D eigenvalue weighted by atomic mass is 35.5. The van der Waals surface area contributed by atoms with Gasteiger partial charge in [-0.15, -0.1) is 0 Å². The summed E-state index contributed by atoms with van der Waals surface area (Å²) in [6.07, 6.45) is 0. The Morgan fingerprint density at radius 2 is 1.24 bits per heavy atom. The standard InChI is InChI=1S/C30H28Cl2N2O3S/c1-23-12-15-27(16-13-23)38(36,37)34(21-26-14-17-28(31)29(32)18-26)22-30(35)33(19-24-8-4-2-5-9-24)20-25-10-6-3-7-11-25/h2-18H,19-22H2,1H3. The second-order valence-corrected chi connectivity index (χ2v) is 11.8. The third kappa shape index (κ3) is 7.23. The van der Waals surface area contributed by atoms with Crippen LogP contribution in [0.1, 0.15) is 22.3 Å². The molecule has 0 saturated carbocycles. The van der Waals surface area contributed by atoms with Crippen molar-refractivity contribution in [1.29, 1.82) is 0 Å². The van der Waals surface area contributed by atoms with Gasteiger partial charge in [-0.1, -0.05) is 108 Å². The summed E-state index contributed by atoms with van der Waals surface area (Å²) in [5.74, 6) is -0.312. The fourth-order valence-corrected chi connectivity index (χ4v) is 5.72. The van der Waals surface area contributed by atoms with Crippen LogP contribution in [0.4, 0.5) is 0 Å². The maximum Gasteiger partial charge on any atom is 0.243 e. The van der Waals surface area contributed by atoms with Crippen LogP contribution in [-0.2, 0) is 34.5 Å². The van der Waals surface area contributed by atoms with Crippen molar-refractivity contribution in [2.45, 2.75) is 31.5 Å². The quantitative estimate of drug-likeness (QED) is 0.214. The summed E-state index contributed by atoms with van der Waals surface area (Å²) < 4.78 is 28.7. The Kier molecular flexibility index (Phi) is 9.23. The number of carbonyl (C=O) groups is 1. The molecule has 4 aromatic carbocycles. The van der Waals surface area contributed by atoms with Crippen LogP contribution in [0.15, 0.2) is 108 Å². The molecule has 0 bridgehead atoms. The van der Waals surface area contributed by atoms with E-state index in [1.807, 2.05) is 67.6 Å². The predicted molar refractivity (Wildman–Crippen MR) is 152 cm³/mol. The van der Waals surface area contributed by atoms with Crippen molar-refractivity contribution in [3.63, 3.8) is 0 Å². The summed E-state index contributed by atoms with van der Waals surface area (Å²) in [6, 6.07) is 30.8. The van der Waals surface area contributed by atoms with Gasteiger partial charge in [-0.05, 0) is 47.9 Å². The van der Waals surface area contributed by atoms with Crippen molar-refractivity contribution in [3.05, 3.63) is 135 Å². The van der Waals surface area contributed by atoms with Gasteiger partial charge >= 0.3 is 0 Å². The normalized spacial score (nSPS) is 11.5. The molecule has 4 rings (SSSR count). The van der Waals surface area contributed by atoms with Gasteiger partial charge in [-0.25, -0.2) is 8.42 Å². The Bertz CT molecular complexity index is 1440. The smallest absolute Gasteiger partial charge is 0.243 e. The van der Waals surface area contributed by atoms with Crippen molar-refractivity contribution in [3.8, 4) is 0 Å². The molecule has 0 aliphatic heterocycles. The maximum absolute atomic E-state index is 13.8. The molecule has 0 atom stereocenters.